The first-order valence-electron chi connectivity index (χ1n) is 7.64. The van der Waals surface area contributed by atoms with Crippen LogP contribution in [0.25, 0.3) is 0 Å². The van der Waals surface area contributed by atoms with E-state index in [1.54, 1.807) is 0 Å². The molecule has 25 heavy (non-hydrogen) atoms. The summed E-state index contributed by atoms with van der Waals surface area (Å²) in [5, 5.41) is 0. The summed E-state index contributed by atoms with van der Waals surface area (Å²) in [6, 6.07) is 4.14. The number of hydrogen-bond acceptors (Lipinski definition) is 5. The van der Waals surface area contributed by atoms with Gasteiger partial charge in [-0.3, -0.25) is 0 Å². The number of halogens is 3. The van der Waals surface area contributed by atoms with Gasteiger partial charge in [-0.25, -0.2) is 4.79 Å². The van der Waals surface area contributed by atoms with Crippen molar-refractivity contribution in [3.63, 3.8) is 0 Å². The summed E-state index contributed by atoms with van der Waals surface area (Å²) in [7, 11) is 0.377. The second-order valence-corrected chi connectivity index (χ2v) is 6.74. The predicted molar refractivity (Wildman–Crippen MR) is 85.0 cm³/mol. The summed E-state index contributed by atoms with van der Waals surface area (Å²) >= 11 is 0. The van der Waals surface area contributed by atoms with Crippen LogP contribution in [-0.2, 0) is 14.0 Å². The Morgan fingerprint density at radius 3 is 2.20 bits per heavy atom. The highest BCUT2D eigenvalue weighted by atomic mass is 19.4. The van der Waals surface area contributed by atoms with Gasteiger partial charge in [0.25, 0.3) is 0 Å². The van der Waals surface area contributed by atoms with Gasteiger partial charge in [0.15, 0.2) is 6.61 Å². The Balaban J connectivity index is 2.32. The molecule has 9 heteroatoms. The second kappa shape index (κ2) is 6.53. The molecule has 1 aliphatic heterocycles. The fourth-order valence-corrected chi connectivity index (χ4v) is 2.23. The van der Waals surface area contributed by atoms with Gasteiger partial charge in [-0.15, -0.1) is 0 Å². The van der Waals surface area contributed by atoms with Crippen LogP contribution in [0.4, 0.5) is 13.2 Å². The number of alkyl halides is 3. The van der Waals surface area contributed by atoms with Gasteiger partial charge >= 0.3 is 19.3 Å². The van der Waals surface area contributed by atoms with E-state index in [1.165, 1.54) is 18.2 Å². The van der Waals surface area contributed by atoms with Crippen molar-refractivity contribution in [1.29, 1.82) is 0 Å². The molecule has 1 aromatic carbocycles. The maximum Gasteiger partial charge on any atom is 0.494 e. The average Bonchev–Trinajstić information content (AvgIpc) is 2.71. The molecule has 1 heterocycles. The van der Waals surface area contributed by atoms with Gasteiger partial charge in [-0.1, -0.05) is 6.07 Å². The number of ether oxygens (including phenoxy) is 2. The molecule has 0 radical (unpaired) electrons. The Bertz CT molecular complexity index is 642. The monoisotopic (exact) mass is 360 g/mol. The van der Waals surface area contributed by atoms with Crippen molar-refractivity contribution in [3.05, 3.63) is 23.8 Å². The summed E-state index contributed by atoms with van der Waals surface area (Å²) in [6.45, 7) is 5.97. The zero-order valence-corrected chi connectivity index (χ0v) is 14.7. The Hall–Kier alpha value is -1.74. The third kappa shape index (κ3) is 4.27. The molecule has 138 valence electrons. The van der Waals surface area contributed by atoms with Gasteiger partial charge in [-0.05, 0) is 45.3 Å². The molecular weight excluding hydrogens is 340 g/mol. The van der Waals surface area contributed by atoms with E-state index in [0.717, 1.165) is 7.11 Å². The van der Waals surface area contributed by atoms with Crippen LogP contribution in [0.1, 0.15) is 38.1 Å². The Labute approximate surface area is 144 Å². The molecule has 0 aliphatic carbocycles. The van der Waals surface area contributed by atoms with Gasteiger partial charge in [-0.2, -0.15) is 13.2 Å². The van der Waals surface area contributed by atoms with E-state index in [-0.39, 0.29) is 11.3 Å². The van der Waals surface area contributed by atoms with Crippen molar-refractivity contribution < 1.29 is 36.7 Å². The van der Waals surface area contributed by atoms with E-state index >= 15 is 0 Å². The number of hydrogen-bond donors (Lipinski definition) is 0. The highest BCUT2D eigenvalue weighted by Gasteiger charge is 2.51. The quantitative estimate of drug-likeness (QED) is 0.611. The SMILES string of the molecule is COC(=O)c1cc(B2OC(C)(C)C(C)(C)O2)ccc1OCC(F)(F)F. The zero-order valence-electron chi connectivity index (χ0n) is 14.7. The molecule has 0 bridgehead atoms. The fraction of sp³-hybridized carbons (Fsp3) is 0.562. The van der Waals surface area contributed by atoms with E-state index < -0.39 is 37.1 Å². The Kier molecular flexibility index (Phi) is 5.12. The number of benzene rings is 1. The maximum absolute atomic E-state index is 12.4. The molecule has 1 saturated heterocycles. The van der Waals surface area contributed by atoms with Crippen LogP contribution in [0.3, 0.4) is 0 Å². The summed E-state index contributed by atoms with van der Waals surface area (Å²) in [6.07, 6.45) is -4.52. The lowest BCUT2D eigenvalue weighted by Crippen LogP contribution is -2.41. The van der Waals surface area contributed by atoms with E-state index in [4.69, 9.17) is 14.0 Å². The van der Waals surface area contributed by atoms with E-state index in [0.29, 0.717) is 5.46 Å². The van der Waals surface area contributed by atoms with Crippen LogP contribution < -0.4 is 10.2 Å². The first-order valence-corrected chi connectivity index (χ1v) is 7.64. The lowest BCUT2D eigenvalue weighted by molar-refractivity contribution is -0.153. The van der Waals surface area contributed by atoms with Crippen molar-refractivity contribution in [1.82, 2.24) is 0 Å². The molecule has 0 atom stereocenters. The van der Waals surface area contributed by atoms with E-state index in [2.05, 4.69) is 4.74 Å². The maximum atomic E-state index is 12.4. The van der Waals surface area contributed by atoms with E-state index in [1.807, 2.05) is 27.7 Å². The van der Waals surface area contributed by atoms with Crippen LogP contribution in [0.15, 0.2) is 18.2 Å². The molecule has 0 aromatic heterocycles. The van der Waals surface area contributed by atoms with Crippen molar-refractivity contribution in [3.8, 4) is 5.75 Å². The van der Waals surface area contributed by atoms with Crippen molar-refractivity contribution in [2.24, 2.45) is 0 Å². The van der Waals surface area contributed by atoms with Gasteiger partial charge < -0.3 is 18.8 Å². The first kappa shape index (κ1) is 19.6. The van der Waals surface area contributed by atoms with E-state index in [9.17, 15) is 18.0 Å². The molecular formula is C16H20BF3O5. The molecule has 0 saturated carbocycles. The number of carbonyl (C=O) groups is 1. The second-order valence-electron chi connectivity index (χ2n) is 6.74. The number of rotatable bonds is 4. The average molecular weight is 360 g/mol. The molecule has 1 aromatic rings. The van der Waals surface area contributed by atoms with Crippen molar-refractivity contribution >= 4 is 18.6 Å². The summed E-state index contributed by atoms with van der Waals surface area (Å²) in [5.74, 6) is -1.03. The first-order chi connectivity index (χ1) is 11.4. The lowest BCUT2D eigenvalue weighted by Gasteiger charge is -2.32. The van der Waals surface area contributed by atoms with Gasteiger partial charge in [0.05, 0.1) is 18.3 Å². The minimum absolute atomic E-state index is 0.126. The smallest absolute Gasteiger partial charge is 0.483 e. The minimum Gasteiger partial charge on any atom is -0.483 e. The van der Waals surface area contributed by atoms with Gasteiger partial charge in [0, 0.05) is 0 Å². The molecule has 1 fully saturated rings. The Morgan fingerprint density at radius 2 is 1.72 bits per heavy atom. The number of methoxy groups -OCH3 is 1. The number of carbonyl (C=O) groups excluding carboxylic acids is 1. The largest absolute Gasteiger partial charge is 0.494 e. The molecule has 0 amide bonds. The molecule has 5 nitrogen and oxygen atoms in total. The van der Waals surface area contributed by atoms with Crippen molar-refractivity contribution in [2.45, 2.75) is 45.1 Å². The number of esters is 1. The predicted octanol–water partition coefficient (Wildman–Crippen LogP) is 2.71. The highest BCUT2D eigenvalue weighted by Crippen LogP contribution is 2.36. The van der Waals surface area contributed by atoms with Crippen LogP contribution in [0.2, 0.25) is 0 Å². The fourth-order valence-electron chi connectivity index (χ4n) is 2.23. The Morgan fingerprint density at radius 1 is 1.16 bits per heavy atom. The summed E-state index contributed by atoms with van der Waals surface area (Å²) < 4.78 is 58.2. The minimum atomic E-state index is -4.52. The molecule has 1 aliphatic rings. The standard InChI is InChI=1S/C16H20BF3O5/c1-14(2)15(3,4)25-17(24-14)10-6-7-12(23-9-16(18,19)20)11(8-10)13(21)22-5/h6-8H,9H2,1-5H3. The molecule has 0 spiro atoms. The van der Waals surface area contributed by atoms with Crippen molar-refractivity contribution in [2.75, 3.05) is 13.7 Å². The molecule has 0 unspecified atom stereocenters. The van der Waals surface area contributed by atoms with Crippen LogP contribution in [0.5, 0.6) is 5.75 Å². The topological polar surface area (TPSA) is 54.0 Å². The normalized spacial score (nSPS) is 19.0. The summed E-state index contributed by atoms with van der Waals surface area (Å²) in [4.78, 5) is 11.9. The van der Waals surface area contributed by atoms with Gasteiger partial charge in [0.2, 0.25) is 0 Å². The third-order valence-electron chi connectivity index (χ3n) is 4.33. The zero-order chi connectivity index (χ0) is 19.0. The van der Waals surface area contributed by atoms with Crippen LogP contribution in [0, 0.1) is 0 Å². The van der Waals surface area contributed by atoms with Gasteiger partial charge in [0.1, 0.15) is 11.3 Å². The van der Waals surface area contributed by atoms with Crippen LogP contribution >= 0.6 is 0 Å². The lowest BCUT2D eigenvalue weighted by atomic mass is 9.78. The highest BCUT2D eigenvalue weighted by molar-refractivity contribution is 6.62. The molecule has 2 rings (SSSR count). The molecule has 0 N–H and O–H groups in total. The summed E-state index contributed by atoms with van der Waals surface area (Å²) in [5.41, 5.74) is -0.819. The van der Waals surface area contributed by atoms with Crippen LogP contribution in [-0.4, -0.2) is 44.2 Å². The third-order valence-corrected chi connectivity index (χ3v) is 4.33.